The lowest BCUT2D eigenvalue weighted by molar-refractivity contribution is -0.139. The highest BCUT2D eigenvalue weighted by atomic mass is 16.4. The standard InChI is InChI=1S/C18H33N3O3/c1-2-20(14-17(22)23)16-9-12-21(13-10-16)18(24)19-11-5-8-15-6-3-4-7-15/h15-16H,2-14H2,1H3,(H,19,24)(H,22,23). The van der Waals surface area contributed by atoms with E-state index in [2.05, 4.69) is 5.32 Å². The van der Waals surface area contributed by atoms with E-state index in [1.807, 2.05) is 16.7 Å². The number of rotatable bonds is 8. The molecule has 2 rings (SSSR count). The molecule has 0 unspecified atom stereocenters. The van der Waals surface area contributed by atoms with Gasteiger partial charge in [-0.05, 0) is 38.1 Å². The molecule has 1 aliphatic heterocycles. The fourth-order valence-electron chi connectivity index (χ4n) is 4.10. The minimum atomic E-state index is -0.778. The molecule has 0 atom stereocenters. The van der Waals surface area contributed by atoms with E-state index in [1.165, 1.54) is 32.1 Å². The van der Waals surface area contributed by atoms with Crippen LogP contribution in [0.2, 0.25) is 0 Å². The number of carboxylic acids is 1. The number of hydrogen-bond donors (Lipinski definition) is 2. The van der Waals surface area contributed by atoms with Crippen molar-refractivity contribution >= 4 is 12.0 Å². The van der Waals surface area contributed by atoms with Crippen LogP contribution in [0.4, 0.5) is 4.79 Å². The van der Waals surface area contributed by atoms with Crippen LogP contribution in [0, 0.1) is 5.92 Å². The highest BCUT2D eigenvalue weighted by Crippen LogP contribution is 2.28. The molecule has 1 heterocycles. The first kappa shape index (κ1) is 19.0. The van der Waals surface area contributed by atoms with Gasteiger partial charge in [0.25, 0.3) is 0 Å². The third-order valence-electron chi connectivity index (χ3n) is 5.55. The van der Waals surface area contributed by atoms with Crippen molar-refractivity contribution in [2.24, 2.45) is 5.92 Å². The number of hydrogen-bond acceptors (Lipinski definition) is 3. The lowest BCUT2D eigenvalue weighted by Crippen LogP contribution is -2.50. The second-order valence-electron chi connectivity index (χ2n) is 7.20. The molecule has 0 spiro atoms. The van der Waals surface area contributed by atoms with Gasteiger partial charge in [0, 0.05) is 25.7 Å². The zero-order valence-electron chi connectivity index (χ0n) is 15.0. The summed E-state index contributed by atoms with van der Waals surface area (Å²) >= 11 is 0. The van der Waals surface area contributed by atoms with Crippen LogP contribution in [0.5, 0.6) is 0 Å². The van der Waals surface area contributed by atoms with Crippen LogP contribution in [0.1, 0.15) is 58.3 Å². The molecule has 2 N–H and O–H groups in total. The number of urea groups is 1. The van der Waals surface area contributed by atoms with Gasteiger partial charge in [-0.25, -0.2) is 4.79 Å². The topological polar surface area (TPSA) is 72.9 Å². The normalized spacial score (nSPS) is 19.8. The molecule has 24 heavy (non-hydrogen) atoms. The SMILES string of the molecule is CCN(CC(=O)O)C1CCN(C(=O)NCCCC2CCCC2)CC1. The number of carbonyl (C=O) groups is 2. The van der Waals surface area contributed by atoms with Gasteiger partial charge in [0.2, 0.25) is 0 Å². The first-order chi connectivity index (χ1) is 11.6. The van der Waals surface area contributed by atoms with Crippen LogP contribution in [-0.2, 0) is 4.79 Å². The molecule has 1 saturated heterocycles. The van der Waals surface area contributed by atoms with E-state index in [1.54, 1.807) is 0 Å². The van der Waals surface area contributed by atoms with E-state index in [9.17, 15) is 9.59 Å². The summed E-state index contributed by atoms with van der Waals surface area (Å²) in [5.74, 6) is 0.103. The third-order valence-corrected chi connectivity index (χ3v) is 5.55. The summed E-state index contributed by atoms with van der Waals surface area (Å²) < 4.78 is 0. The molecule has 1 saturated carbocycles. The lowest BCUT2D eigenvalue weighted by Gasteiger charge is -2.37. The van der Waals surface area contributed by atoms with Gasteiger partial charge in [-0.2, -0.15) is 0 Å². The van der Waals surface area contributed by atoms with Gasteiger partial charge in [-0.3, -0.25) is 9.69 Å². The Morgan fingerprint density at radius 2 is 1.83 bits per heavy atom. The summed E-state index contributed by atoms with van der Waals surface area (Å²) in [5, 5.41) is 12.0. The van der Waals surface area contributed by atoms with Crippen molar-refractivity contribution in [2.45, 2.75) is 64.3 Å². The Kier molecular flexibility index (Phi) is 7.82. The maximum absolute atomic E-state index is 12.2. The molecule has 6 nitrogen and oxygen atoms in total. The van der Waals surface area contributed by atoms with Crippen LogP contribution < -0.4 is 5.32 Å². The van der Waals surface area contributed by atoms with E-state index >= 15 is 0 Å². The Labute approximate surface area is 145 Å². The Hall–Kier alpha value is -1.30. The molecule has 0 aromatic heterocycles. The first-order valence-electron chi connectivity index (χ1n) is 9.58. The summed E-state index contributed by atoms with van der Waals surface area (Å²) in [6.07, 6.45) is 9.52. The zero-order valence-corrected chi connectivity index (χ0v) is 15.0. The Bertz CT molecular complexity index is 402. The van der Waals surface area contributed by atoms with Crippen LogP contribution >= 0.6 is 0 Å². The average molecular weight is 339 g/mol. The van der Waals surface area contributed by atoms with Crippen LogP contribution in [0.25, 0.3) is 0 Å². The number of nitrogens with one attached hydrogen (secondary N) is 1. The summed E-state index contributed by atoms with van der Waals surface area (Å²) in [5.41, 5.74) is 0. The smallest absolute Gasteiger partial charge is 0.317 e. The predicted octanol–water partition coefficient (Wildman–Crippen LogP) is 2.54. The Morgan fingerprint density at radius 3 is 2.42 bits per heavy atom. The van der Waals surface area contributed by atoms with Crippen LogP contribution in [0.3, 0.4) is 0 Å². The van der Waals surface area contributed by atoms with Crippen molar-refractivity contribution in [2.75, 3.05) is 32.7 Å². The highest BCUT2D eigenvalue weighted by molar-refractivity contribution is 5.74. The second kappa shape index (κ2) is 9.87. The molecule has 2 aliphatic rings. The number of piperidine rings is 1. The fourth-order valence-corrected chi connectivity index (χ4v) is 4.10. The zero-order chi connectivity index (χ0) is 17.4. The minimum absolute atomic E-state index is 0.0427. The van der Waals surface area contributed by atoms with Crippen molar-refractivity contribution in [3.8, 4) is 0 Å². The Morgan fingerprint density at radius 1 is 1.17 bits per heavy atom. The molecule has 2 amide bonds. The molecule has 0 aromatic carbocycles. The van der Waals surface area contributed by atoms with Crippen molar-refractivity contribution in [1.82, 2.24) is 15.1 Å². The van der Waals surface area contributed by atoms with Crippen LogP contribution in [-0.4, -0.2) is 65.7 Å². The van der Waals surface area contributed by atoms with Crippen molar-refractivity contribution in [1.29, 1.82) is 0 Å². The van der Waals surface area contributed by atoms with E-state index in [4.69, 9.17) is 5.11 Å². The summed E-state index contributed by atoms with van der Waals surface area (Å²) in [6, 6.07) is 0.318. The maximum atomic E-state index is 12.2. The summed E-state index contributed by atoms with van der Waals surface area (Å²) in [4.78, 5) is 27.0. The number of likely N-dealkylation sites (tertiary alicyclic amines) is 1. The van der Waals surface area contributed by atoms with Crippen molar-refractivity contribution < 1.29 is 14.7 Å². The molecule has 0 bridgehead atoms. The fraction of sp³-hybridized carbons (Fsp3) is 0.889. The van der Waals surface area contributed by atoms with Gasteiger partial charge >= 0.3 is 12.0 Å². The monoisotopic (exact) mass is 339 g/mol. The van der Waals surface area contributed by atoms with Crippen molar-refractivity contribution in [3.63, 3.8) is 0 Å². The molecule has 1 aliphatic carbocycles. The number of aliphatic carboxylic acids is 1. The molecular formula is C18H33N3O3. The maximum Gasteiger partial charge on any atom is 0.317 e. The molecule has 0 aromatic rings. The van der Waals surface area contributed by atoms with Gasteiger partial charge in [-0.15, -0.1) is 0 Å². The second-order valence-corrected chi connectivity index (χ2v) is 7.20. The van der Waals surface area contributed by atoms with Gasteiger partial charge in [-0.1, -0.05) is 32.6 Å². The molecule has 0 radical (unpaired) electrons. The molecular weight excluding hydrogens is 306 g/mol. The van der Waals surface area contributed by atoms with E-state index in [0.29, 0.717) is 0 Å². The van der Waals surface area contributed by atoms with Crippen LogP contribution in [0.15, 0.2) is 0 Å². The van der Waals surface area contributed by atoms with Gasteiger partial charge in [0.05, 0.1) is 6.54 Å². The summed E-state index contributed by atoms with van der Waals surface area (Å²) in [6.45, 7) is 5.03. The lowest BCUT2D eigenvalue weighted by atomic mass is 10.0. The van der Waals surface area contributed by atoms with Gasteiger partial charge in [0.1, 0.15) is 0 Å². The van der Waals surface area contributed by atoms with E-state index < -0.39 is 5.97 Å². The van der Waals surface area contributed by atoms with E-state index in [-0.39, 0.29) is 18.6 Å². The minimum Gasteiger partial charge on any atom is -0.480 e. The largest absolute Gasteiger partial charge is 0.480 e. The highest BCUT2D eigenvalue weighted by Gasteiger charge is 2.27. The van der Waals surface area contributed by atoms with Crippen molar-refractivity contribution in [3.05, 3.63) is 0 Å². The molecule has 138 valence electrons. The number of amides is 2. The summed E-state index contributed by atoms with van der Waals surface area (Å²) in [7, 11) is 0. The average Bonchev–Trinajstić information content (AvgIpc) is 3.10. The number of carboxylic acid groups (broad SMARTS) is 1. The van der Waals surface area contributed by atoms with E-state index in [0.717, 1.165) is 51.4 Å². The third kappa shape index (κ3) is 5.96. The van der Waals surface area contributed by atoms with Gasteiger partial charge in [0.15, 0.2) is 0 Å². The molecule has 6 heteroatoms. The quantitative estimate of drug-likeness (QED) is 0.667. The number of carbonyl (C=O) groups excluding carboxylic acids is 1. The number of nitrogens with zero attached hydrogens (tertiary/aromatic N) is 2. The number of likely N-dealkylation sites (N-methyl/N-ethyl adjacent to an activating group) is 1. The first-order valence-corrected chi connectivity index (χ1v) is 9.58. The Balaban J connectivity index is 1.61. The predicted molar refractivity (Wildman–Crippen MR) is 94.1 cm³/mol. The van der Waals surface area contributed by atoms with Gasteiger partial charge < -0.3 is 15.3 Å². The molecule has 2 fully saturated rings.